The number of aromatic nitrogens is 2. The molecule has 1 aromatic heterocycles. The number of hydrogen-bond donors (Lipinski definition) is 0. The summed E-state index contributed by atoms with van der Waals surface area (Å²) in [5, 5.41) is 0. The third-order valence-electron chi connectivity index (χ3n) is 1.90. The van der Waals surface area contributed by atoms with Crippen molar-refractivity contribution in [2.45, 2.75) is 26.3 Å². The van der Waals surface area contributed by atoms with Gasteiger partial charge in [0.25, 0.3) is 0 Å². The van der Waals surface area contributed by atoms with Crippen molar-refractivity contribution in [3.05, 3.63) is 18.7 Å². The van der Waals surface area contributed by atoms with Crippen molar-refractivity contribution >= 4 is 5.97 Å². The molecule has 0 N–H and O–H groups in total. The van der Waals surface area contributed by atoms with E-state index in [1.165, 1.54) is 0 Å². The monoisotopic (exact) mass is 197 g/mol. The van der Waals surface area contributed by atoms with Crippen molar-refractivity contribution in [3.8, 4) is 0 Å². The van der Waals surface area contributed by atoms with E-state index in [2.05, 4.69) is 6.92 Å². The number of carbonyl (C=O) groups is 1. The minimum atomic E-state index is -0.172. The Balaban J connectivity index is 2.27. The number of ether oxygens (including phenoxy) is 1. The van der Waals surface area contributed by atoms with Crippen molar-refractivity contribution in [3.63, 3.8) is 0 Å². The smallest absolute Gasteiger partial charge is 0.348 e. The van der Waals surface area contributed by atoms with Crippen LogP contribution in [0.1, 0.15) is 19.8 Å². The Labute approximate surface area is 84.1 Å². The van der Waals surface area contributed by atoms with Gasteiger partial charge in [-0.2, -0.15) is 0 Å². The molecular weight excluding hydrogens is 180 g/mol. The van der Waals surface area contributed by atoms with E-state index in [4.69, 9.17) is 4.74 Å². The molecule has 1 aromatic rings. The highest BCUT2D eigenvalue weighted by Gasteiger charge is 2.08. The highest BCUT2D eigenvalue weighted by molar-refractivity contribution is 5.69. The molecule has 1 rings (SSSR count). The second-order valence-corrected chi connectivity index (χ2v) is 3.33. The summed E-state index contributed by atoms with van der Waals surface area (Å²) in [4.78, 5) is 11.2. The van der Waals surface area contributed by atoms with Gasteiger partial charge >= 0.3 is 5.97 Å². The summed E-state index contributed by atoms with van der Waals surface area (Å²) in [5.74, 6) is -0.172. The Morgan fingerprint density at radius 1 is 1.57 bits per heavy atom. The van der Waals surface area contributed by atoms with E-state index in [0.29, 0.717) is 13.2 Å². The number of rotatable bonds is 5. The van der Waals surface area contributed by atoms with Crippen molar-refractivity contribution in [2.75, 3.05) is 6.61 Å². The summed E-state index contributed by atoms with van der Waals surface area (Å²) in [6, 6.07) is 0. The average molecular weight is 197 g/mol. The molecule has 4 nitrogen and oxygen atoms in total. The fourth-order valence-electron chi connectivity index (χ4n) is 1.12. The Bertz CT molecular complexity index is 294. The van der Waals surface area contributed by atoms with Gasteiger partial charge in [0.2, 0.25) is 6.33 Å². The zero-order valence-electron chi connectivity index (χ0n) is 8.77. The third kappa shape index (κ3) is 3.60. The van der Waals surface area contributed by atoms with Crippen LogP contribution >= 0.6 is 0 Å². The van der Waals surface area contributed by atoms with Crippen LogP contribution in [0, 0.1) is 0 Å². The number of unbranched alkanes of at least 4 members (excludes halogenated alkanes) is 1. The van der Waals surface area contributed by atoms with E-state index >= 15 is 0 Å². The lowest BCUT2D eigenvalue weighted by Crippen LogP contribution is -2.24. The lowest BCUT2D eigenvalue weighted by molar-refractivity contribution is -0.671. The maximum Gasteiger partial charge on any atom is 0.348 e. The maximum atomic E-state index is 11.2. The second-order valence-electron chi connectivity index (χ2n) is 3.33. The van der Waals surface area contributed by atoms with Gasteiger partial charge in [0.15, 0.2) is 6.54 Å². The first kappa shape index (κ1) is 10.8. The van der Waals surface area contributed by atoms with Crippen LogP contribution < -0.4 is 4.57 Å². The van der Waals surface area contributed by atoms with Crippen LogP contribution in [0.5, 0.6) is 0 Å². The minimum absolute atomic E-state index is 0.172. The lowest BCUT2D eigenvalue weighted by atomic mass is 10.4. The molecule has 0 radical (unpaired) electrons. The molecule has 0 aromatic carbocycles. The Hall–Kier alpha value is -1.32. The molecular formula is C10H17N2O2+. The molecule has 0 aliphatic rings. The lowest BCUT2D eigenvalue weighted by Gasteiger charge is -2.00. The number of esters is 1. The first-order valence-electron chi connectivity index (χ1n) is 4.89. The van der Waals surface area contributed by atoms with E-state index in [1.807, 2.05) is 30.3 Å². The summed E-state index contributed by atoms with van der Waals surface area (Å²) < 4.78 is 8.71. The second kappa shape index (κ2) is 5.42. The standard InChI is InChI=1S/C10H17N2O2/c1-3-4-7-14-10(13)8-12-6-5-11(2)9-12/h5-6,9H,3-4,7-8H2,1-2H3/q+1. The zero-order chi connectivity index (χ0) is 10.4. The molecule has 0 atom stereocenters. The summed E-state index contributed by atoms with van der Waals surface area (Å²) in [7, 11) is 1.92. The van der Waals surface area contributed by atoms with E-state index < -0.39 is 0 Å². The van der Waals surface area contributed by atoms with Crippen LogP contribution in [-0.4, -0.2) is 17.1 Å². The highest BCUT2D eigenvalue weighted by Crippen LogP contribution is 1.91. The molecule has 0 aliphatic carbocycles. The number of nitrogens with zero attached hydrogens (tertiary/aromatic N) is 2. The third-order valence-corrected chi connectivity index (χ3v) is 1.90. The van der Waals surface area contributed by atoms with Crippen LogP contribution in [0.4, 0.5) is 0 Å². The fourth-order valence-corrected chi connectivity index (χ4v) is 1.12. The van der Waals surface area contributed by atoms with Crippen molar-refractivity contribution in [1.82, 2.24) is 4.57 Å². The van der Waals surface area contributed by atoms with Gasteiger partial charge in [0.05, 0.1) is 13.7 Å². The molecule has 0 unspecified atom stereocenters. The van der Waals surface area contributed by atoms with Gasteiger partial charge in [-0.15, -0.1) is 0 Å². The Morgan fingerprint density at radius 2 is 2.36 bits per heavy atom. The molecule has 4 heteroatoms. The summed E-state index contributed by atoms with van der Waals surface area (Å²) in [6.07, 6.45) is 7.57. The quantitative estimate of drug-likeness (QED) is 0.395. The predicted molar refractivity (Wildman–Crippen MR) is 51.5 cm³/mol. The topological polar surface area (TPSA) is 35.1 Å². The van der Waals surface area contributed by atoms with Gasteiger partial charge < -0.3 is 4.74 Å². The van der Waals surface area contributed by atoms with E-state index in [9.17, 15) is 4.79 Å². The van der Waals surface area contributed by atoms with Crippen LogP contribution in [0.2, 0.25) is 0 Å². The summed E-state index contributed by atoms with van der Waals surface area (Å²) in [5.41, 5.74) is 0. The average Bonchev–Trinajstić information content (AvgIpc) is 2.52. The van der Waals surface area contributed by atoms with Crippen LogP contribution in [0.15, 0.2) is 18.7 Å². The van der Waals surface area contributed by atoms with E-state index in [-0.39, 0.29) is 5.97 Å². The maximum absolute atomic E-state index is 11.2. The highest BCUT2D eigenvalue weighted by atomic mass is 16.5. The summed E-state index contributed by atoms with van der Waals surface area (Å²) in [6.45, 7) is 2.90. The number of hydrogen-bond acceptors (Lipinski definition) is 2. The molecule has 1 heterocycles. The molecule has 0 spiro atoms. The van der Waals surface area contributed by atoms with Crippen molar-refractivity contribution in [2.24, 2.45) is 7.05 Å². The normalized spacial score (nSPS) is 10.1. The first-order chi connectivity index (χ1) is 6.72. The van der Waals surface area contributed by atoms with Gasteiger partial charge in [-0.1, -0.05) is 13.3 Å². The summed E-state index contributed by atoms with van der Waals surface area (Å²) >= 11 is 0. The molecule has 0 aliphatic heterocycles. The SMILES string of the molecule is CCCCOC(=O)Cn1cc[n+](C)c1. The Kier molecular flexibility index (Phi) is 4.16. The largest absolute Gasteiger partial charge is 0.463 e. The molecule has 0 bridgehead atoms. The number of imidazole rings is 1. The first-order valence-corrected chi connectivity index (χ1v) is 4.89. The molecule has 14 heavy (non-hydrogen) atoms. The van der Waals surface area contributed by atoms with Crippen LogP contribution in [0.3, 0.4) is 0 Å². The number of aryl methyl sites for hydroxylation is 1. The molecule has 0 amide bonds. The van der Waals surface area contributed by atoms with E-state index in [0.717, 1.165) is 12.8 Å². The van der Waals surface area contributed by atoms with Gasteiger partial charge in [-0.25, -0.2) is 13.9 Å². The van der Waals surface area contributed by atoms with Gasteiger partial charge in [0, 0.05) is 0 Å². The minimum Gasteiger partial charge on any atom is -0.463 e. The van der Waals surface area contributed by atoms with Gasteiger partial charge in [-0.3, -0.25) is 0 Å². The van der Waals surface area contributed by atoms with Crippen molar-refractivity contribution < 1.29 is 14.1 Å². The molecule has 0 saturated carbocycles. The van der Waals surface area contributed by atoms with Gasteiger partial charge in [0.1, 0.15) is 12.4 Å². The van der Waals surface area contributed by atoms with Crippen molar-refractivity contribution in [1.29, 1.82) is 0 Å². The van der Waals surface area contributed by atoms with Crippen LogP contribution in [-0.2, 0) is 23.1 Å². The number of carbonyl (C=O) groups excluding carboxylic acids is 1. The zero-order valence-corrected chi connectivity index (χ0v) is 8.77. The molecule has 0 fully saturated rings. The molecule has 0 saturated heterocycles. The molecule has 78 valence electrons. The van der Waals surface area contributed by atoms with Gasteiger partial charge in [-0.05, 0) is 6.42 Å². The predicted octanol–water partition coefficient (Wildman–Crippen LogP) is 0.656. The van der Waals surface area contributed by atoms with E-state index in [1.54, 1.807) is 4.57 Å². The van der Waals surface area contributed by atoms with Crippen LogP contribution in [0.25, 0.3) is 0 Å². The Morgan fingerprint density at radius 3 is 2.93 bits per heavy atom. The fraction of sp³-hybridized carbons (Fsp3) is 0.600.